The summed E-state index contributed by atoms with van der Waals surface area (Å²) < 4.78 is 26.8. The molecule has 0 amide bonds. The zero-order valence-electron chi connectivity index (χ0n) is 18.0. The summed E-state index contributed by atoms with van der Waals surface area (Å²) in [5, 5.41) is 20.3. The van der Waals surface area contributed by atoms with Gasteiger partial charge in [0.25, 0.3) is 0 Å². The Morgan fingerprint density at radius 3 is 2.58 bits per heavy atom. The molecule has 3 atom stereocenters. The molecule has 1 aromatic carbocycles. The van der Waals surface area contributed by atoms with Gasteiger partial charge >= 0.3 is 0 Å². The van der Waals surface area contributed by atoms with Crippen LogP contribution in [0.1, 0.15) is 51.0 Å². The zero-order chi connectivity index (χ0) is 23.1. The Bertz CT molecular complexity index is 1130. The molecule has 1 aliphatic carbocycles. The minimum atomic E-state index is -3.95. The number of aliphatic imine (C=N–C) groups is 1. The van der Waals surface area contributed by atoms with Crippen LogP contribution in [-0.4, -0.2) is 43.4 Å². The summed E-state index contributed by atoms with van der Waals surface area (Å²) in [6, 6.07) is 5.22. The minimum Gasteiger partial charge on any atom is -0.505 e. The predicted octanol–water partition coefficient (Wildman–Crippen LogP) is 4.14. The topological polar surface area (TPSA) is 111 Å². The van der Waals surface area contributed by atoms with Crippen molar-refractivity contribution >= 4 is 37.4 Å². The van der Waals surface area contributed by atoms with E-state index < -0.39 is 27.6 Å². The van der Waals surface area contributed by atoms with E-state index in [0.717, 1.165) is 17.1 Å². The quantitative estimate of drug-likeness (QED) is 0.643. The van der Waals surface area contributed by atoms with E-state index >= 15 is 0 Å². The molecule has 2 aliphatic rings. The van der Waals surface area contributed by atoms with Crippen LogP contribution in [-0.2, 0) is 14.8 Å². The molecule has 9 heteroatoms. The number of hydrogen-bond donors (Lipinski definition) is 1. The van der Waals surface area contributed by atoms with E-state index in [1.807, 2.05) is 0 Å². The van der Waals surface area contributed by atoms with Crippen molar-refractivity contribution in [3.63, 3.8) is 0 Å². The molecule has 7 nitrogen and oxygen atoms in total. The highest BCUT2D eigenvalue weighted by molar-refractivity contribution is 9.10. The third kappa shape index (κ3) is 4.21. The number of nitriles is 1. The maximum Gasteiger partial charge on any atom is 0.246 e. The third-order valence-electron chi connectivity index (χ3n) is 5.98. The van der Waals surface area contributed by atoms with Crippen molar-refractivity contribution in [2.24, 2.45) is 16.8 Å². The van der Waals surface area contributed by atoms with Crippen molar-refractivity contribution in [2.45, 2.75) is 50.3 Å². The van der Waals surface area contributed by atoms with Crippen LogP contribution in [0, 0.1) is 23.2 Å². The van der Waals surface area contributed by atoms with Crippen LogP contribution in [0.25, 0.3) is 0 Å². The highest BCUT2D eigenvalue weighted by atomic mass is 79.9. The van der Waals surface area contributed by atoms with Gasteiger partial charge in [0.05, 0.1) is 16.5 Å². The molecule has 0 spiro atoms. The Morgan fingerprint density at radius 2 is 2.00 bits per heavy atom. The van der Waals surface area contributed by atoms with Crippen LogP contribution in [0.15, 0.2) is 37.8 Å². The first-order valence-electron chi connectivity index (χ1n) is 10.2. The van der Waals surface area contributed by atoms with Crippen molar-refractivity contribution in [3.05, 3.63) is 33.4 Å². The number of Topliss-reactive ketones (excluding diaryl/α,β-unsaturated/α-hetero) is 1. The van der Waals surface area contributed by atoms with Crippen LogP contribution >= 0.6 is 15.9 Å². The van der Waals surface area contributed by atoms with Gasteiger partial charge in [0.2, 0.25) is 10.0 Å². The molecule has 0 saturated heterocycles. The van der Waals surface area contributed by atoms with Gasteiger partial charge in [-0.05, 0) is 59.3 Å². The number of rotatable bonds is 5. The maximum atomic E-state index is 13.2. The van der Waals surface area contributed by atoms with Crippen LogP contribution in [0.2, 0.25) is 0 Å². The highest BCUT2D eigenvalue weighted by Gasteiger charge is 2.41. The fraction of sp³-hybridized carbons (Fsp3) is 0.500. The van der Waals surface area contributed by atoms with Gasteiger partial charge in [0, 0.05) is 43.4 Å². The van der Waals surface area contributed by atoms with Gasteiger partial charge in [-0.15, -0.1) is 0 Å². The van der Waals surface area contributed by atoms with Crippen LogP contribution < -0.4 is 0 Å². The Morgan fingerprint density at radius 1 is 1.32 bits per heavy atom. The highest BCUT2D eigenvalue weighted by Crippen LogP contribution is 2.47. The average Bonchev–Trinajstić information content (AvgIpc) is 2.68. The fourth-order valence-electron chi connectivity index (χ4n) is 4.44. The Kier molecular flexibility index (Phi) is 6.75. The van der Waals surface area contributed by atoms with E-state index in [0.29, 0.717) is 35.4 Å². The van der Waals surface area contributed by atoms with E-state index in [1.54, 1.807) is 13.0 Å². The Hall–Kier alpha value is -2.02. The van der Waals surface area contributed by atoms with Crippen molar-refractivity contribution in [1.29, 1.82) is 5.26 Å². The molecule has 0 fully saturated rings. The summed E-state index contributed by atoms with van der Waals surface area (Å²) in [4.78, 5) is 17.5. The largest absolute Gasteiger partial charge is 0.505 e. The molecule has 1 N–H and O–H groups in total. The molecule has 166 valence electrons. The van der Waals surface area contributed by atoms with E-state index in [1.165, 1.54) is 20.2 Å². The first-order chi connectivity index (χ1) is 14.5. The van der Waals surface area contributed by atoms with Gasteiger partial charge in [-0.1, -0.05) is 13.3 Å². The molecule has 1 aromatic rings. The smallest absolute Gasteiger partial charge is 0.246 e. The van der Waals surface area contributed by atoms with Gasteiger partial charge in [0.15, 0.2) is 5.78 Å². The summed E-state index contributed by atoms with van der Waals surface area (Å²) in [5.74, 6) is -1.55. The summed E-state index contributed by atoms with van der Waals surface area (Å²) >= 11 is 3.25. The lowest BCUT2D eigenvalue weighted by atomic mass is 9.70. The molecule has 0 saturated carbocycles. The number of benzene rings is 1. The SMILES string of the molecule is CCCC1CC(=O)C2=C(C1)N=C(C)C(C#N)C2c1cc(Br)c(O)c(S(=O)(=O)N(C)C)c1. The van der Waals surface area contributed by atoms with E-state index in [9.17, 15) is 23.6 Å². The first-order valence-corrected chi connectivity index (χ1v) is 12.4. The van der Waals surface area contributed by atoms with Crippen molar-refractivity contribution in [3.8, 4) is 11.8 Å². The van der Waals surface area contributed by atoms with Crippen LogP contribution in [0.3, 0.4) is 0 Å². The number of sulfonamides is 1. The first kappa shape index (κ1) is 23.6. The number of carbonyl (C=O) groups is 1. The lowest BCUT2D eigenvalue weighted by Crippen LogP contribution is -2.33. The van der Waals surface area contributed by atoms with Gasteiger partial charge in [-0.2, -0.15) is 5.26 Å². The minimum absolute atomic E-state index is 0.0394. The number of phenols is 1. The number of halogens is 1. The number of aromatic hydroxyl groups is 1. The Balaban J connectivity index is 2.23. The van der Waals surface area contributed by atoms with Gasteiger partial charge in [-0.3, -0.25) is 9.79 Å². The number of carbonyl (C=O) groups excluding carboxylic acids is 1. The lowest BCUT2D eigenvalue weighted by Gasteiger charge is -2.35. The number of nitrogens with zero attached hydrogens (tertiary/aromatic N) is 3. The maximum absolute atomic E-state index is 13.2. The predicted molar refractivity (Wildman–Crippen MR) is 121 cm³/mol. The van der Waals surface area contributed by atoms with Crippen LogP contribution in [0.4, 0.5) is 0 Å². The number of phenolic OH excluding ortho intramolecular Hbond substituents is 1. The van der Waals surface area contributed by atoms with E-state index in [2.05, 4.69) is 33.9 Å². The lowest BCUT2D eigenvalue weighted by molar-refractivity contribution is -0.117. The molecule has 31 heavy (non-hydrogen) atoms. The number of hydrogen-bond acceptors (Lipinski definition) is 6. The third-order valence-corrected chi connectivity index (χ3v) is 8.41. The zero-order valence-corrected chi connectivity index (χ0v) is 20.4. The van der Waals surface area contributed by atoms with E-state index in [-0.39, 0.29) is 21.1 Å². The second kappa shape index (κ2) is 8.85. The fourth-order valence-corrected chi connectivity index (χ4v) is 6.09. The van der Waals surface area contributed by atoms with Gasteiger partial charge < -0.3 is 5.11 Å². The molecule has 3 rings (SSSR count). The van der Waals surface area contributed by atoms with Gasteiger partial charge in [-0.25, -0.2) is 12.7 Å². The molecule has 0 bridgehead atoms. The number of allylic oxidation sites excluding steroid dienone is 2. The van der Waals surface area contributed by atoms with E-state index in [4.69, 9.17) is 0 Å². The number of ketones is 1. The summed E-state index contributed by atoms with van der Waals surface area (Å²) in [6.07, 6.45) is 2.98. The molecule has 3 unspecified atom stereocenters. The van der Waals surface area contributed by atoms with Crippen molar-refractivity contribution in [1.82, 2.24) is 4.31 Å². The van der Waals surface area contributed by atoms with Crippen molar-refractivity contribution in [2.75, 3.05) is 14.1 Å². The summed E-state index contributed by atoms with van der Waals surface area (Å²) in [5.41, 5.74) is 2.29. The second-order valence-corrected chi connectivity index (χ2v) is 11.3. The monoisotopic (exact) mass is 507 g/mol. The average molecular weight is 508 g/mol. The van der Waals surface area contributed by atoms with Crippen LogP contribution in [0.5, 0.6) is 5.75 Å². The summed E-state index contributed by atoms with van der Waals surface area (Å²) in [6.45, 7) is 3.85. The molecule has 0 radical (unpaired) electrons. The standard InChI is InChI=1S/C22H26BrN3O4S/c1-5-6-13-7-17-21(18(27)8-13)20(15(11-24)12(2)25-17)14-9-16(23)22(28)19(10-14)31(29,30)26(3)4/h9-10,13,15,20,28H,5-8H2,1-4H3. The molecule has 1 heterocycles. The van der Waals surface area contributed by atoms with Crippen molar-refractivity contribution < 1.29 is 18.3 Å². The summed E-state index contributed by atoms with van der Waals surface area (Å²) in [7, 11) is -1.19. The molecular weight excluding hydrogens is 482 g/mol. The molecule has 0 aromatic heterocycles. The molecule has 1 aliphatic heterocycles. The second-order valence-electron chi connectivity index (χ2n) is 8.32. The Labute approximate surface area is 191 Å². The van der Waals surface area contributed by atoms with Gasteiger partial charge in [0.1, 0.15) is 10.6 Å². The normalized spacial score (nSPS) is 24.1. The molecular formula is C22H26BrN3O4S.